The molecule has 10 heteroatoms. The molecule has 33 heavy (non-hydrogen) atoms. The van der Waals surface area contributed by atoms with E-state index in [9.17, 15) is 9.59 Å². The molecule has 1 N–H and O–H groups in total. The molecular weight excluding hydrogens is 458 g/mol. The number of thioether (sulfide) groups is 1. The second-order valence-corrected chi connectivity index (χ2v) is 8.75. The Bertz CT molecular complexity index is 1270. The minimum Gasteiger partial charge on any atom is -0.462 e. The van der Waals surface area contributed by atoms with Gasteiger partial charge in [-0.2, -0.15) is 0 Å². The highest BCUT2D eigenvalue weighted by Crippen LogP contribution is 2.30. The number of aryl methyl sites for hydroxylation is 1. The van der Waals surface area contributed by atoms with Gasteiger partial charge in [-0.25, -0.2) is 4.79 Å². The van der Waals surface area contributed by atoms with Crippen molar-refractivity contribution >= 4 is 40.0 Å². The van der Waals surface area contributed by atoms with Gasteiger partial charge >= 0.3 is 5.97 Å². The molecular formula is C23H21N5O3S2. The number of anilines is 1. The molecule has 8 nitrogen and oxygen atoms in total. The standard InChI is InChI=1S/C23H21N5O3S2/c1-3-31-22(30)17-10-12-32-21(17)25-19(29)14-33-23-27-26-20(16-8-6-11-24-13-16)28(23)18-9-5-4-7-15(18)2/h4-13H,3,14H2,1-2H3,(H,25,29). The number of nitrogens with zero attached hydrogens (tertiary/aromatic N) is 4. The van der Waals surface area contributed by atoms with Crippen molar-refractivity contribution in [2.24, 2.45) is 0 Å². The minimum atomic E-state index is -0.456. The van der Waals surface area contributed by atoms with E-state index in [1.54, 1.807) is 30.8 Å². The van der Waals surface area contributed by atoms with Crippen LogP contribution in [-0.2, 0) is 9.53 Å². The summed E-state index contributed by atoms with van der Waals surface area (Å²) in [6.07, 6.45) is 3.43. The summed E-state index contributed by atoms with van der Waals surface area (Å²) in [4.78, 5) is 28.9. The lowest BCUT2D eigenvalue weighted by atomic mass is 10.2. The second-order valence-electron chi connectivity index (χ2n) is 6.89. The molecule has 0 radical (unpaired) electrons. The predicted molar refractivity (Wildman–Crippen MR) is 129 cm³/mol. The largest absolute Gasteiger partial charge is 0.462 e. The Morgan fingerprint density at radius 1 is 1.15 bits per heavy atom. The molecule has 0 aliphatic heterocycles. The van der Waals surface area contributed by atoms with Crippen molar-refractivity contribution in [1.29, 1.82) is 0 Å². The summed E-state index contributed by atoms with van der Waals surface area (Å²) in [5, 5.41) is 14.3. The van der Waals surface area contributed by atoms with Crippen LogP contribution in [0.25, 0.3) is 17.1 Å². The van der Waals surface area contributed by atoms with Crippen LogP contribution in [-0.4, -0.2) is 44.0 Å². The first-order valence-corrected chi connectivity index (χ1v) is 12.0. The molecule has 4 rings (SSSR count). The first-order chi connectivity index (χ1) is 16.1. The van der Waals surface area contributed by atoms with Gasteiger partial charge in [-0.15, -0.1) is 21.5 Å². The van der Waals surface area contributed by atoms with Crippen LogP contribution in [0.1, 0.15) is 22.8 Å². The number of carbonyl (C=O) groups excluding carboxylic acids is 2. The van der Waals surface area contributed by atoms with Crippen LogP contribution in [0, 0.1) is 6.92 Å². The van der Waals surface area contributed by atoms with E-state index in [4.69, 9.17) is 4.74 Å². The zero-order valence-electron chi connectivity index (χ0n) is 18.0. The van der Waals surface area contributed by atoms with Crippen molar-refractivity contribution in [3.05, 3.63) is 71.4 Å². The summed E-state index contributed by atoms with van der Waals surface area (Å²) in [6, 6.07) is 13.3. The van der Waals surface area contributed by atoms with Gasteiger partial charge in [0.15, 0.2) is 11.0 Å². The maximum atomic E-state index is 12.7. The monoisotopic (exact) mass is 479 g/mol. The number of thiophene rings is 1. The molecule has 0 unspecified atom stereocenters. The zero-order chi connectivity index (χ0) is 23.2. The number of pyridine rings is 1. The van der Waals surface area contributed by atoms with E-state index in [0.717, 1.165) is 16.8 Å². The normalized spacial score (nSPS) is 10.7. The Morgan fingerprint density at radius 3 is 2.76 bits per heavy atom. The summed E-state index contributed by atoms with van der Waals surface area (Å²) < 4.78 is 6.97. The van der Waals surface area contributed by atoms with Gasteiger partial charge in [0.2, 0.25) is 5.91 Å². The fourth-order valence-electron chi connectivity index (χ4n) is 3.15. The van der Waals surface area contributed by atoms with Crippen LogP contribution < -0.4 is 5.32 Å². The molecule has 0 saturated heterocycles. The van der Waals surface area contributed by atoms with E-state index in [1.165, 1.54) is 23.1 Å². The summed E-state index contributed by atoms with van der Waals surface area (Å²) in [7, 11) is 0. The molecule has 3 heterocycles. The van der Waals surface area contributed by atoms with Gasteiger partial charge < -0.3 is 10.1 Å². The molecule has 4 aromatic rings. The molecule has 1 amide bonds. The third-order valence-electron chi connectivity index (χ3n) is 4.66. The molecule has 0 aliphatic rings. The number of hydrogen-bond acceptors (Lipinski definition) is 8. The Morgan fingerprint density at radius 2 is 2.00 bits per heavy atom. The predicted octanol–water partition coefficient (Wildman–Crippen LogP) is 4.61. The Labute approximate surface area is 199 Å². The molecule has 0 saturated carbocycles. The van der Waals surface area contributed by atoms with Crippen molar-refractivity contribution in [3.63, 3.8) is 0 Å². The highest BCUT2D eigenvalue weighted by Gasteiger charge is 2.20. The molecule has 0 aliphatic carbocycles. The van der Waals surface area contributed by atoms with Crippen LogP contribution >= 0.6 is 23.1 Å². The van der Waals surface area contributed by atoms with Crippen molar-refractivity contribution in [3.8, 4) is 17.1 Å². The maximum Gasteiger partial charge on any atom is 0.341 e. The van der Waals surface area contributed by atoms with Gasteiger partial charge in [-0.1, -0.05) is 30.0 Å². The van der Waals surface area contributed by atoms with Gasteiger partial charge in [0, 0.05) is 18.0 Å². The average Bonchev–Trinajstić information content (AvgIpc) is 3.46. The number of nitrogens with one attached hydrogen (secondary N) is 1. The minimum absolute atomic E-state index is 0.0945. The van der Waals surface area contributed by atoms with E-state index >= 15 is 0 Å². The fourth-order valence-corrected chi connectivity index (χ4v) is 4.68. The summed E-state index contributed by atoms with van der Waals surface area (Å²) in [5.74, 6) is 0.0255. The number of aromatic nitrogens is 4. The molecule has 3 aromatic heterocycles. The van der Waals surface area contributed by atoms with E-state index < -0.39 is 5.97 Å². The molecule has 0 bridgehead atoms. The number of benzene rings is 1. The molecule has 0 spiro atoms. The van der Waals surface area contributed by atoms with Gasteiger partial charge in [0.1, 0.15) is 5.00 Å². The Hall–Kier alpha value is -3.50. The molecule has 0 fully saturated rings. The Kier molecular flexibility index (Phi) is 7.16. The molecule has 1 aromatic carbocycles. The number of esters is 1. The van der Waals surface area contributed by atoms with Crippen molar-refractivity contribution < 1.29 is 14.3 Å². The van der Waals surface area contributed by atoms with Crippen LogP contribution in [0.3, 0.4) is 0 Å². The topological polar surface area (TPSA) is 99.0 Å². The lowest BCUT2D eigenvalue weighted by Gasteiger charge is -2.12. The summed E-state index contributed by atoms with van der Waals surface area (Å²) in [5.41, 5.74) is 3.14. The summed E-state index contributed by atoms with van der Waals surface area (Å²) >= 11 is 2.54. The van der Waals surface area contributed by atoms with Gasteiger partial charge in [-0.05, 0) is 49.1 Å². The maximum absolute atomic E-state index is 12.7. The van der Waals surface area contributed by atoms with Crippen LogP contribution in [0.4, 0.5) is 5.00 Å². The van der Waals surface area contributed by atoms with E-state index in [1.807, 2.05) is 47.9 Å². The van der Waals surface area contributed by atoms with Gasteiger partial charge in [0.25, 0.3) is 0 Å². The van der Waals surface area contributed by atoms with E-state index in [-0.39, 0.29) is 18.3 Å². The molecule has 168 valence electrons. The molecule has 0 atom stereocenters. The smallest absolute Gasteiger partial charge is 0.341 e. The number of rotatable bonds is 8. The van der Waals surface area contributed by atoms with E-state index in [2.05, 4.69) is 20.5 Å². The summed E-state index contributed by atoms with van der Waals surface area (Å²) in [6.45, 7) is 4.02. The van der Waals surface area contributed by atoms with Gasteiger partial charge in [0.05, 0.1) is 23.6 Å². The Balaban J connectivity index is 1.56. The number of para-hydroxylation sites is 1. The van der Waals surface area contributed by atoms with Crippen molar-refractivity contribution in [2.75, 3.05) is 17.7 Å². The number of carbonyl (C=O) groups is 2. The SMILES string of the molecule is CCOC(=O)c1ccsc1NC(=O)CSc1nnc(-c2cccnc2)n1-c1ccccc1C. The fraction of sp³-hybridized carbons (Fsp3) is 0.174. The van der Waals surface area contributed by atoms with Crippen molar-refractivity contribution in [1.82, 2.24) is 19.7 Å². The highest BCUT2D eigenvalue weighted by atomic mass is 32.2. The lowest BCUT2D eigenvalue weighted by molar-refractivity contribution is -0.113. The lowest BCUT2D eigenvalue weighted by Crippen LogP contribution is -2.16. The third-order valence-corrected chi connectivity index (χ3v) is 6.41. The second kappa shape index (κ2) is 10.4. The van der Waals surface area contributed by atoms with Crippen LogP contribution in [0.5, 0.6) is 0 Å². The first-order valence-electron chi connectivity index (χ1n) is 10.2. The van der Waals surface area contributed by atoms with Crippen LogP contribution in [0.2, 0.25) is 0 Å². The average molecular weight is 480 g/mol. The van der Waals surface area contributed by atoms with E-state index in [0.29, 0.717) is 21.5 Å². The van der Waals surface area contributed by atoms with Crippen LogP contribution in [0.15, 0.2) is 65.4 Å². The van der Waals surface area contributed by atoms with Crippen molar-refractivity contribution in [2.45, 2.75) is 19.0 Å². The zero-order valence-corrected chi connectivity index (χ0v) is 19.7. The van der Waals surface area contributed by atoms with Gasteiger partial charge in [-0.3, -0.25) is 14.3 Å². The number of hydrogen-bond donors (Lipinski definition) is 1. The number of amides is 1. The number of ether oxygens (including phenoxy) is 1. The quantitative estimate of drug-likeness (QED) is 0.291. The highest BCUT2D eigenvalue weighted by molar-refractivity contribution is 7.99. The third kappa shape index (κ3) is 5.12. The first kappa shape index (κ1) is 22.7.